The third-order valence-corrected chi connectivity index (χ3v) is 6.22. The highest BCUT2D eigenvalue weighted by Crippen LogP contribution is 2.46. The van der Waals surface area contributed by atoms with Crippen molar-refractivity contribution in [2.24, 2.45) is 0 Å². The van der Waals surface area contributed by atoms with Crippen molar-refractivity contribution in [1.82, 2.24) is 9.88 Å². The van der Waals surface area contributed by atoms with Crippen LogP contribution in [0.1, 0.15) is 48.8 Å². The number of ether oxygens (including phenoxy) is 4. The summed E-state index contributed by atoms with van der Waals surface area (Å²) in [5.41, 5.74) is 3.29. The second kappa shape index (κ2) is 11.5. The lowest BCUT2D eigenvalue weighted by atomic mass is 9.98. The molecule has 3 aromatic rings. The zero-order chi connectivity index (χ0) is 25.7. The lowest BCUT2D eigenvalue weighted by molar-refractivity contribution is -0.143. The largest absolute Gasteiger partial charge is 0.493 e. The van der Waals surface area contributed by atoms with Crippen molar-refractivity contribution in [3.63, 3.8) is 0 Å². The van der Waals surface area contributed by atoms with Crippen LogP contribution in [0.2, 0.25) is 5.02 Å². The zero-order valence-electron chi connectivity index (χ0n) is 20.5. The molecule has 9 heteroatoms. The highest BCUT2D eigenvalue weighted by molar-refractivity contribution is 6.30. The average Bonchev–Trinajstić information content (AvgIpc) is 3.31. The predicted octanol–water partition coefficient (Wildman–Crippen LogP) is 4.77. The fourth-order valence-corrected chi connectivity index (χ4v) is 4.61. The molecule has 2 atom stereocenters. The van der Waals surface area contributed by atoms with Gasteiger partial charge in [-0.1, -0.05) is 23.7 Å². The van der Waals surface area contributed by atoms with Gasteiger partial charge in [-0.2, -0.15) is 0 Å². The summed E-state index contributed by atoms with van der Waals surface area (Å²) in [7, 11) is 3.16. The topological polar surface area (TPSA) is 88.0 Å². The van der Waals surface area contributed by atoms with Crippen molar-refractivity contribution in [2.45, 2.75) is 32.0 Å². The highest BCUT2D eigenvalue weighted by Gasteiger charge is 2.33. The molecule has 4 rings (SSSR count). The molecule has 36 heavy (non-hydrogen) atoms. The second-order valence-corrected chi connectivity index (χ2v) is 8.64. The van der Waals surface area contributed by atoms with E-state index >= 15 is 0 Å². The molecule has 1 aliphatic rings. The minimum atomic E-state index is -0.596. The lowest BCUT2D eigenvalue weighted by Crippen LogP contribution is -2.28. The summed E-state index contributed by atoms with van der Waals surface area (Å²) in [4.78, 5) is 24.5. The lowest BCUT2D eigenvalue weighted by Gasteiger charge is -2.25. The molecule has 1 N–H and O–H groups in total. The molecule has 0 saturated heterocycles. The number of halogens is 1. The van der Waals surface area contributed by atoms with E-state index in [1.807, 2.05) is 59.3 Å². The van der Waals surface area contributed by atoms with Gasteiger partial charge in [-0.05, 0) is 43.3 Å². The van der Waals surface area contributed by atoms with Crippen LogP contribution in [-0.4, -0.2) is 43.8 Å². The fraction of sp³-hybridized carbons (Fsp3) is 0.333. The van der Waals surface area contributed by atoms with Crippen LogP contribution in [0, 0.1) is 0 Å². The van der Waals surface area contributed by atoms with Crippen molar-refractivity contribution in [1.29, 1.82) is 0 Å². The summed E-state index contributed by atoms with van der Waals surface area (Å²) in [6.07, 6.45) is 0.907. The third-order valence-electron chi connectivity index (χ3n) is 5.99. The Hall–Kier alpha value is -3.49. The molecule has 2 aromatic carbocycles. The van der Waals surface area contributed by atoms with E-state index in [1.165, 1.54) is 0 Å². The van der Waals surface area contributed by atoms with E-state index in [4.69, 9.17) is 30.5 Å². The van der Waals surface area contributed by atoms with E-state index in [9.17, 15) is 9.59 Å². The summed E-state index contributed by atoms with van der Waals surface area (Å²) in [6.45, 7) is 2.24. The van der Waals surface area contributed by atoms with Gasteiger partial charge in [0.05, 0.1) is 45.0 Å². The van der Waals surface area contributed by atoms with E-state index in [-0.39, 0.29) is 31.3 Å². The summed E-state index contributed by atoms with van der Waals surface area (Å²) in [5, 5.41) is 3.36. The normalized spacial score (nSPS) is 16.3. The number of nitrogens with zero attached hydrogens (tertiary/aromatic N) is 1. The first-order chi connectivity index (χ1) is 17.5. The van der Waals surface area contributed by atoms with Crippen LogP contribution in [-0.2, 0) is 19.1 Å². The van der Waals surface area contributed by atoms with E-state index < -0.39 is 12.2 Å². The van der Waals surface area contributed by atoms with Gasteiger partial charge in [0.1, 0.15) is 12.2 Å². The van der Waals surface area contributed by atoms with Crippen molar-refractivity contribution < 1.29 is 28.5 Å². The second-order valence-electron chi connectivity index (χ2n) is 8.20. The van der Waals surface area contributed by atoms with Crippen molar-refractivity contribution in [2.75, 3.05) is 27.4 Å². The fourth-order valence-electron chi connectivity index (χ4n) is 4.43. The smallest absolute Gasteiger partial charge is 0.307 e. The molecular formula is C27H29ClN2O6. The number of rotatable bonds is 9. The summed E-state index contributed by atoms with van der Waals surface area (Å²) in [5.74, 6) is 0.520. The number of amides is 1. The maximum Gasteiger partial charge on any atom is 0.307 e. The molecule has 2 heterocycles. The van der Waals surface area contributed by atoms with Crippen molar-refractivity contribution >= 4 is 23.5 Å². The molecule has 0 bridgehead atoms. The molecule has 1 aromatic heterocycles. The van der Waals surface area contributed by atoms with Crippen LogP contribution in [0.15, 0.2) is 54.7 Å². The first-order valence-corrected chi connectivity index (χ1v) is 12.1. The van der Waals surface area contributed by atoms with Gasteiger partial charge in [-0.15, -0.1) is 0 Å². The Kier molecular flexibility index (Phi) is 8.18. The Morgan fingerprint density at radius 2 is 1.92 bits per heavy atom. The van der Waals surface area contributed by atoms with Gasteiger partial charge >= 0.3 is 5.97 Å². The molecular weight excluding hydrogens is 484 g/mol. The van der Waals surface area contributed by atoms with Gasteiger partial charge in [-0.3, -0.25) is 9.59 Å². The van der Waals surface area contributed by atoms with Gasteiger partial charge in [0.2, 0.25) is 5.91 Å². The monoisotopic (exact) mass is 512 g/mol. The maximum absolute atomic E-state index is 12.9. The van der Waals surface area contributed by atoms with Gasteiger partial charge in [0.25, 0.3) is 0 Å². The summed E-state index contributed by atoms with van der Waals surface area (Å²) >= 11 is 6.42. The molecule has 0 spiro atoms. The Bertz CT molecular complexity index is 1240. The van der Waals surface area contributed by atoms with Crippen molar-refractivity contribution in [3.05, 3.63) is 76.6 Å². The molecule has 1 aliphatic heterocycles. The highest BCUT2D eigenvalue weighted by atomic mass is 35.5. The number of methoxy groups -OCH3 is 2. The van der Waals surface area contributed by atoms with Crippen LogP contribution in [0.5, 0.6) is 11.5 Å². The average molecular weight is 513 g/mol. The molecule has 0 fully saturated rings. The number of esters is 1. The van der Waals surface area contributed by atoms with Gasteiger partial charge in [0.15, 0.2) is 11.5 Å². The predicted molar refractivity (Wildman–Crippen MR) is 135 cm³/mol. The number of benzene rings is 2. The molecule has 0 saturated carbocycles. The van der Waals surface area contributed by atoms with Crippen molar-refractivity contribution in [3.8, 4) is 17.2 Å². The minimum Gasteiger partial charge on any atom is -0.493 e. The van der Waals surface area contributed by atoms with E-state index in [1.54, 1.807) is 21.1 Å². The van der Waals surface area contributed by atoms with E-state index in [0.29, 0.717) is 23.1 Å². The molecule has 0 aliphatic carbocycles. The summed E-state index contributed by atoms with van der Waals surface area (Å²) < 4.78 is 24.8. The number of hydrogen-bond acceptors (Lipinski definition) is 6. The molecule has 0 unspecified atom stereocenters. The molecule has 8 nitrogen and oxygen atoms in total. The summed E-state index contributed by atoms with van der Waals surface area (Å²) in [6, 6.07) is 15.1. The van der Waals surface area contributed by atoms with E-state index in [0.717, 1.165) is 22.5 Å². The van der Waals surface area contributed by atoms with Gasteiger partial charge in [-0.25, -0.2) is 0 Å². The molecule has 190 valence electrons. The quantitative estimate of drug-likeness (QED) is 0.416. The van der Waals surface area contributed by atoms with Gasteiger partial charge in [0, 0.05) is 28.9 Å². The standard InChI is InChI=1S/C27H29ClN2O6/c1-4-35-25(32)12-13-29-24(31)16-23-21-8-6-14-30(21)20-11-10-17(28)15-19(20)26(36-23)18-7-5-9-22(33-2)27(18)34-3/h5-11,14-15,23,26H,4,12-13,16H2,1-3H3,(H,29,31)/t23-,26-/m0/s1. The third kappa shape index (κ3) is 5.34. The number of fused-ring (bicyclic) bond motifs is 3. The van der Waals surface area contributed by atoms with Crippen LogP contribution < -0.4 is 14.8 Å². The molecule has 0 radical (unpaired) electrons. The zero-order valence-corrected chi connectivity index (χ0v) is 21.2. The SMILES string of the molecule is CCOC(=O)CCNC(=O)C[C@@H]1O[C@@H](c2cccc(OC)c2OC)c2cc(Cl)ccc2-n2cccc21. The molecule has 1 amide bonds. The van der Waals surface area contributed by atoms with Crippen LogP contribution in [0.25, 0.3) is 5.69 Å². The number of aromatic nitrogens is 1. The Morgan fingerprint density at radius 1 is 1.08 bits per heavy atom. The Labute approximate surface area is 215 Å². The first kappa shape index (κ1) is 25.6. The van der Waals surface area contributed by atoms with Crippen LogP contribution >= 0.6 is 11.6 Å². The van der Waals surface area contributed by atoms with Crippen LogP contribution in [0.4, 0.5) is 0 Å². The number of nitrogens with one attached hydrogen (secondary N) is 1. The maximum atomic E-state index is 12.9. The Morgan fingerprint density at radius 3 is 2.67 bits per heavy atom. The van der Waals surface area contributed by atoms with E-state index in [2.05, 4.69) is 5.32 Å². The first-order valence-electron chi connectivity index (χ1n) is 11.7. The van der Waals surface area contributed by atoms with Crippen LogP contribution in [0.3, 0.4) is 0 Å². The van der Waals surface area contributed by atoms with Gasteiger partial charge < -0.3 is 28.8 Å². The minimum absolute atomic E-state index is 0.0529. The Balaban J connectivity index is 1.70. The number of hydrogen-bond donors (Lipinski definition) is 1. The number of carbonyl (C=O) groups excluding carboxylic acids is 2. The number of carbonyl (C=O) groups is 2. The number of para-hydroxylation sites is 1.